The van der Waals surface area contributed by atoms with E-state index in [9.17, 15) is 27.2 Å². The highest BCUT2D eigenvalue weighted by atomic mass is 19.4. The molecule has 0 aliphatic heterocycles. The first kappa shape index (κ1) is 21.8. The van der Waals surface area contributed by atoms with Crippen molar-refractivity contribution in [3.05, 3.63) is 66.1 Å². The summed E-state index contributed by atoms with van der Waals surface area (Å²) in [6, 6.07) is 10.0. The van der Waals surface area contributed by atoms with Gasteiger partial charge in [-0.15, -0.1) is 13.2 Å². The molecule has 2 amide bonds. The lowest BCUT2D eigenvalue weighted by Gasteiger charge is -2.17. The molecular formula is C20H16F4N4O3. The topological polar surface area (TPSA) is 87.3 Å². The van der Waals surface area contributed by atoms with Crippen LogP contribution in [-0.4, -0.2) is 46.9 Å². The second-order valence-electron chi connectivity index (χ2n) is 6.45. The lowest BCUT2D eigenvalue weighted by Crippen LogP contribution is -2.35. The predicted molar refractivity (Wildman–Crippen MR) is 103 cm³/mol. The fraction of sp³-hybridized carbons (Fsp3) is 0.150. The van der Waals surface area contributed by atoms with Crippen molar-refractivity contribution in [3.63, 3.8) is 0 Å². The van der Waals surface area contributed by atoms with Crippen LogP contribution < -0.4 is 10.1 Å². The Kier molecular flexibility index (Phi) is 6.23. The van der Waals surface area contributed by atoms with E-state index in [0.717, 1.165) is 17.0 Å². The number of amides is 2. The van der Waals surface area contributed by atoms with Crippen LogP contribution in [0.3, 0.4) is 0 Å². The highest BCUT2D eigenvalue weighted by Crippen LogP contribution is 2.24. The highest BCUT2D eigenvalue weighted by molar-refractivity contribution is 6.02. The lowest BCUT2D eigenvalue weighted by molar-refractivity contribution is -0.274. The fourth-order valence-corrected chi connectivity index (χ4v) is 2.72. The number of ether oxygens (including phenoxy) is 1. The van der Waals surface area contributed by atoms with E-state index in [0.29, 0.717) is 11.3 Å². The SMILES string of the molecule is CN(CC(=O)Nc1ccc(OC(F)(F)F)cc1)C(=O)c1cn[nH]c1-c1ccc(F)cc1. The Morgan fingerprint density at radius 3 is 2.35 bits per heavy atom. The predicted octanol–water partition coefficient (Wildman–Crippen LogP) is 3.83. The molecule has 0 aliphatic rings. The highest BCUT2D eigenvalue weighted by Gasteiger charge is 2.31. The van der Waals surface area contributed by atoms with Crippen molar-refractivity contribution in [2.45, 2.75) is 6.36 Å². The minimum atomic E-state index is -4.81. The van der Waals surface area contributed by atoms with Crippen molar-refractivity contribution in [3.8, 4) is 17.0 Å². The Bertz CT molecular complexity index is 1060. The second-order valence-corrected chi connectivity index (χ2v) is 6.45. The molecule has 0 radical (unpaired) electrons. The monoisotopic (exact) mass is 436 g/mol. The summed E-state index contributed by atoms with van der Waals surface area (Å²) < 4.78 is 53.5. The van der Waals surface area contributed by atoms with Crippen LogP contribution in [0.1, 0.15) is 10.4 Å². The van der Waals surface area contributed by atoms with Gasteiger partial charge in [0.1, 0.15) is 11.6 Å². The van der Waals surface area contributed by atoms with E-state index in [1.54, 1.807) is 0 Å². The summed E-state index contributed by atoms with van der Waals surface area (Å²) in [7, 11) is 1.41. The third-order valence-electron chi connectivity index (χ3n) is 4.10. The van der Waals surface area contributed by atoms with Crippen LogP contribution in [0.5, 0.6) is 5.75 Å². The average molecular weight is 436 g/mol. The number of rotatable bonds is 6. The molecule has 31 heavy (non-hydrogen) atoms. The second kappa shape index (κ2) is 8.86. The number of halogens is 4. The number of aromatic nitrogens is 2. The molecule has 162 valence electrons. The first-order valence-electron chi connectivity index (χ1n) is 8.83. The van der Waals surface area contributed by atoms with Gasteiger partial charge in [0.15, 0.2) is 0 Å². The molecule has 0 aliphatic carbocycles. The number of hydrogen-bond donors (Lipinski definition) is 2. The molecule has 0 saturated carbocycles. The molecule has 0 fully saturated rings. The quantitative estimate of drug-likeness (QED) is 0.575. The van der Waals surface area contributed by atoms with Crippen LogP contribution >= 0.6 is 0 Å². The summed E-state index contributed by atoms with van der Waals surface area (Å²) in [4.78, 5) is 26.1. The van der Waals surface area contributed by atoms with Crippen molar-refractivity contribution >= 4 is 17.5 Å². The van der Waals surface area contributed by atoms with E-state index < -0.39 is 29.7 Å². The van der Waals surface area contributed by atoms with Gasteiger partial charge in [0.25, 0.3) is 5.91 Å². The number of likely N-dealkylation sites (N-methyl/N-ethyl adjacent to an activating group) is 1. The summed E-state index contributed by atoms with van der Waals surface area (Å²) in [6.07, 6.45) is -3.51. The van der Waals surface area contributed by atoms with Gasteiger partial charge in [0.05, 0.1) is 24.0 Å². The number of carbonyl (C=O) groups is 2. The van der Waals surface area contributed by atoms with E-state index >= 15 is 0 Å². The van der Waals surface area contributed by atoms with E-state index in [1.165, 1.54) is 49.6 Å². The molecule has 0 bridgehead atoms. The molecule has 3 aromatic rings. The number of aromatic amines is 1. The fourth-order valence-electron chi connectivity index (χ4n) is 2.72. The third-order valence-corrected chi connectivity index (χ3v) is 4.10. The smallest absolute Gasteiger partial charge is 0.406 e. The molecule has 1 aromatic heterocycles. The van der Waals surface area contributed by atoms with Gasteiger partial charge in [-0.25, -0.2) is 4.39 Å². The van der Waals surface area contributed by atoms with Gasteiger partial charge in [-0.1, -0.05) is 0 Å². The molecule has 11 heteroatoms. The van der Waals surface area contributed by atoms with E-state index in [1.807, 2.05) is 0 Å². The summed E-state index contributed by atoms with van der Waals surface area (Å²) in [5.41, 5.74) is 1.34. The summed E-state index contributed by atoms with van der Waals surface area (Å²) in [6.45, 7) is -0.326. The Labute approximate surface area is 173 Å². The van der Waals surface area contributed by atoms with Gasteiger partial charge >= 0.3 is 6.36 Å². The third kappa shape index (κ3) is 5.81. The Hall–Kier alpha value is -3.89. The standard InChI is InChI=1S/C20H16F4N4O3/c1-28(11-17(29)26-14-6-8-15(9-7-14)31-20(22,23)24)19(30)16-10-25-27-18(16)12-2-4-13(21)5-3-12/h2-10H,11H2,1H3,(H,25,27)(H,26,29). The first-order chi connectivity index (χ1) is 14.6. The lowest BCUT2D eigenvalue weighted by atomic mass is 10.1. The van der Waals surface area contributed by atoms with Crippen LogP contribution in [0.2, 0.25) is 0 Å². The van der Waals surface area contributed by atoms with E-state index in [-0.39, 0.29) is 17.8 Å². The number of alkyl halides is 3. The molecule has 2 aromatic carbocycles. The number of carbonyl (C=O) groups excluding carboxylic acids is 2. The maximum absolute atomic E-state index is 13.1. The van der Waals surface area contributed by atoms with Crippen molar-refractivity contribution in [2.75, 3.05) is 18.9 Å². The maximum Gasteiger partial charge on any atom is 0.573 e. The zero-order valence-electron chi connectivity index (χ0n) is 16.0. The number of hydrogen-bond acceptors (Lipinski definition) is 4. The number of nitrogens with zero attached hydrogens (tertiary/aromatic N) is 2. The van der Waals surface area contributed by atoms with Crippen LogP contribution in [0, 0.1) is 5.82 Å². The van der Waals surface area contributed by atoms with Crippen molar-refractivity contribution in [1.82, 2.24) is 15.1 Å². The molecule has 0 saturated heterocycles. The van der Waals surface area contributed by atoms with E-state index in [4.69, 9.17) is 0 Å². The number of nitrogens with one attached hydrogen (secondary N) is 2. The number of H-pyrrole nitrogens is 1. The zero-order valence-corrected chi connectivity index (χ0v) is 16.0. The van der Waals surface area contributed by atoms with Crippen molar-refractivity contribution in [2.24, 2.45) is 0 Å². The largest absolute Gasteiger partial charge is 0.573 e. The molecule has 0 unspecified atom stereocenters. The number of benzene rings is 2. The van der Waals surface area contributed by atoms with Gasteiger partial charge in [-0.05, 0) is 48.5 Å². The molecule has 2 N–H and O–H groups in total. The van der Waals surface area contributed by atoms with Crippen LogP contribution in [0.25, 0.3) is 11.3 Å². The average Bonchev–Trinajstić information content (AvgIpc) is 3.18. The normalized spacial score (nSPS) is 11.1. The van der Waals surface area contributed by atoms with Crippen LogP contribution in [0.15, 0.2) is 54.7 Å². The Balaban J connectivity index is 1.62. The molecule has 7 nitrogen and oxygen atoms in total. The Morgan fingerprint density at radius 2 is 1.74 bits per heavy atom. The van der Waals surface area contributed by atoms with E-state index in [2.05, 4.69) is 20.3 Å². The summed E-state index contributed by atoms with van der Waals surface area (Å²) >= 11 is 0. The minimum Gasteiger partial charge on any atom is -0.406 e. The van der Waals surface area contributed by atoms with Crippen molar-refractivity contribution < 1.29 is 31.9 Å². The molecule has 3 rings (SSSR count). The molecule has 1 heterocycles. The molecular weight excluding hydrogens is 420 g/mol. The van der Waals surface area contributed by atoms with Gasteiger partial charge in [-0.3, -0.25) is 14.7 Å². The van der Waals surface area contributed by atoms with Gasteiger partial charge in [0, 0.05) is 18.3 Å². The van der Waals surface area contributed by atoms with Crippen LogP contribution in [-0.2, 0) is 4.79 Å². The first-order valence-corrected chi connectivity index (χ1v) is 8.83. The molecule has 0 spiro atoms. The summed E-state index contributed by atoms with van der Waals surface area (Å²) in [5, 5.41) is 9.01. The minimum absolute atomic E-state index is 0.190. The Morgan fingerprint density at radius 1 is 1.10 bits per heavy atom. The zero-order chi connectivity index (χ0) is 22.6. The number of anilines is 1. The van der Waals surface area contributed by atoms with Crippen LogP contribution in [0.4, 0.5) is 23.2 Å². The van der Waals surface area contributed by atoms with Gasteiger partial charge in [0.2, 0.25) is 5.91 Å². The summed E-state index contributed by atoms with van der Waals surface area (Å²) in [5.74, 6) is -1.92. The van der Waals surface area contributed by atoms with Gasteiger partial charge in [-0.2, -0.15) is 5.10 Å². The van der Waals surface area contributed by atoms with Crippen molar-refractivity contribution in [1.29, 1.82) is 0 Å². The van der Waals surface area contributed by atoms with Gasteiger partial charge < -0.3 is 15.0 Å². The molecule has 0 atom stereocenters. The maximum atomic E-state index is 13.1.